The number of nitrogens with zero attached hydrogens (tertiary/aromatic N) is 2. The van der Waals surface area contributed by atoms with Crippen LogP contribution in [-0.4, -0.2) is 52.7 Å². The number of hydrogen-bond acceptors (Lipinski definition) is 6. The molecule has 1 saturated heterocycles. The minimum absolute atomic E-state index is 0.000687. The Morgan fingerprint density at radius 1 is 1.65 bits per heavy atom. The van der Waals surface area contributed by atoms with Crippen LogP contribution < -0.4 is 5.73 Å². The SMILES string of the molecule is Nc1nc(C(=O)N2CCOCC2C(=O)O)cs1. The highest BCUT2D eigenvalue weighted by molar-refractivity contribution is 7.13. The zero-order valence-electron chi connectivity index (χ0n) is 8.83. The Hall–Kier alpha value is -1.67. The van der Waals surface area contributed by atoms with Crippen LogP contribution in [0.1, 0.15) is 10.5 Å². The van der Waals surface area contributed by atoms with Crippen LogP contribution in [0.25, 0.3) is 0 Å². The lowest BCUT2D eigenvalue weighted by atomic mass is 10.2. The molecule has 1 aromatic heterocycles. The molecule has 2 heterocycles. The van der Waals surface area contributed by atoms with E-state index in [0.717, 1.165) is 11.3 Å². The fraction of sp³-hybridized carbons (Fsp3) is 0.444. The maximum absolute atomic E-state index is 12.0. The van der Waals surface area contributed by atoms with Gasteiger partial charge in [-0.1, -0.05) is 0 Å². The summed E-state index contributed by atoms with van der Waals surface area (Å²) in [5.41, 5.74) is 5.62. The number of nitrogens with two attached hydrogens (primary N) is 1. The number of nitrogen functional groups attached to an aromatic ring is 1. The van der Waals surface area contributed by atoms with Crippen molar-refractivity contribution in [2.45, 2.75) is 6.04 Å². The number of carboxylic acids is 1. The molecular weight excluding hydrogens is 246 g/mol. The average molecular weight is 257 g/mol. The predicted molar refractivity (Wildman–Crippen MR) is 59.8 cm³/mol. The van der Waals surface area contributed by atoms with Crippen molar-refractivity contribution < 1.29 is 19.4 Å². The van der Waals surface area contributed by atoms with Crippen LogP contribution in [0, 0.1) is 0 Å². The largest absolute Gasteiger partial charge is 0.480 e. The number of hydrogen-bond donors (Lipinski definition) is 2. The molecule has 1 unspecified atom stereocenters. The fourth-order valence-electron chi connectivity index (χ4n) is 1.58. The first kappa shape index (κ1) is 11.8. The Kier molecular flexibility index (Phi) is 3.25. The van der Waals surface area contributed by atoms with Crippen LogP contribution in [0.5, 0.6) is 0 Å². The summed E-state index contributed by atoms with van der Waals surface area (Å²) in [4.78, 5) is 28.1. The number of carbonyl (C=O) groups excluding carboxylic acids is 1. The standard InChI is InChI=1S/C9H11N3O4S/c10-9-11-5(4-17-9)7(13)12-1-2-16-3-6(12)8(14)15/h4,6H,1-3H2,(H2,10,11)(H,14,15). The normalized spacial score (nSPS) is 20.2. The number of anilines is 1. The molecule has 1 fully saturated rings. The van der Waals surface area contributed by atoms with Crippen molar-refractivity contribution >= 4 is 28.3 Å². The number of amides is 1. The molecule has 8 heteroatoms. The number of aliphatic carboxylic acids is 1. The lowest BCUT2D eigenvalue weighted by molar-refractivity contribution is -0.147. The third-order valence-electron chi connectivity index (χ3n) is 2.42. The molecule has 0 radical (unpaired) electrons. The molecule has 0 bridgehead atoms. The van der Waals surface area contributed by atoms with Gasteiger partial charge in [0.1, 0.15) is 5.69 Å². The van der Waals surface area contributed by atoms with Crippen molar-refractivity contribution in [3.05, 3.63) is 11.1 Å². The van der Waals surface area contributed by atoms with Crippen molar-refractivity contribution in [2.75, 3.05) is 25.5 Å². The van der Waals surface area contributed by atoms with Gasteiger partial charge in [-0.3, -0.25) is 4.79 Å². The van der Waals surface area contributed by atoms with Crippen molar-refractivity contribution in [1.82, 2.24) is 9.88 Å². The lowest BCUT2D eigenvalue weighted by Crippen LogP contribution is -2.52. The van der Waals surface area contributed by atoms with Gasteiger partial charge in [-0.25, -0.2) is 9.78 Å². The maximum atomic E-state index is 12.0. The van der Waals surface area contributed by atoms with E-state index in [1.807, 2.05) is 0 Å². The summed E-state index contributed by atoms with van der Waals surface area (Å²) in [5, 5.41) is 10.8. The summed E-state index contributed by atoms with van der Waals surface area (Å²) < 4.78 is 5.05. The minimum Gasteiger partial charge on any atom is -0.480 e. The van der Waals surface area contributed by atoms with Gasteiger partial charge in [0.15, 0.2) is 11.2 Å². The van der Waals surface area contributed by atoms with Gasteiger partial charge in [0.25, 0.3) is 5.91 Å². The van der Waals surface area contributed by atoms with Gasteiger partial charge in [0, 0.05) is 11.9 Å². The van der Waals surface area contributed by atoms with Crippen molar-refractivity contribution in [3.8, 4) is 0 Å². The first-order valence-electron chi connectivity index (χ1n) is 4.92. The summed E-state index contributed by atoms with van der Waals surface area (Å²) in [5.74, 6) is -1.50. The highest BCUT2D eigenvalue weighted by Crippen LogP contribution is 2.16. The summed E-state index contributed by atoms with van der Waals surface area (Å²) in [6.07, 6.45) is 0. The molecule has 1 aliphatic heterocycles. The van der Waals surface area contributed by atoms with E-state index in [1.165, 1.54) is 10.3 Å². The van der Waals surface area contributed by atoms with Gasteiger partial charge >= 0.3 is 5.97 Å². The quantitative estimate of drug-likeness (QED) is 0.750. The second-order valence-corrected chi connectivity index (χ2v) is 4.39. The van der Waals surface area contributed by atoms with Crippen molar-refractivity contribution in [2.24, 2.45) is 0 Å². The fourth-order valence-corrected chi connectivity index (χ4v) is 2.12. The second-order valence-electron chi connectivity index (χ2n) is 3.50. The molecule has 0 aliphatic carbocycles. The van der Waals surface area contributed by atoms with E-state index in [-0.39, 0.29) is 24.0 Å². The Balaban J connectivity index is 2.19. The van der Waals surface area contributed by atoms with E-state index in [4.69, 9.17) is 15.6 Å². The van der Waals surface area contributed by atoms with E-state index in [0.29, 0.717) is 6.61 Å². The molecule has 0 saturated carbocycles. The smallest absolute Gasteiger partial charge is 0.328 e. The average Bonchev–Trinajstić information content (AvgIpc) is 2.75. The van der Waals surface area contributed by atoms with Crippen LogP contribution in [0.15, 0.2) is 5.38 Å². The third kappa shape index (κ3) is 2.37. The van der Waals surface area contributed by atoms with Crippen LogP contribution in [0.2, 0.25) is 0 Å². The molecule has 1 aliphatic rings. The Morgan fingerprint density at radius 3 is 3.00 bits per heavy atom. The Labute approximate surface area is 101 Å². The molecule has 1 aromatic rings. The summed E-state index contributed by atoms with van der Waals surface area (Å²) in [6.45, 7) is 0.572. The van der Waals surface area contributed by atoms with E-state index in [2.05, 4.69) is 4.98 Å². The van der Waals surface area contributed by atoms with Crippen LogP contribution in [0.3, 0.4) is 0 Å². The summed E-state index contributed by atoms with van der Waals surface area (Å²) in [6, 6.07) is -0.959. The van der Waals surface area contributed by atoms with Crippen LogP contribution in [-0.2, 0) is 9.53 Å². The monoisotopic (exact) mass is 257 g/mol. The second kappa shape index (κ2) is 4.68. The predicted octanol–water partition coefficient (Wildman–Crippen LogP) is -0.349. The van der Waals surface area contributed by atoms with Gasteiger partial charge < -0.3 is 20.5 Å². The lowest BCUT2D eigenvalue weighted by Gasteiger charge is -2.32. The molecule has 1 amide bonds. The molecule has 0 spiro atoms. The van der Waals surface area contributed by atoms with Gasteiger partial charge in [0.05, 0.1) is 13.2 Å². The number of rotatable bonds is 2. The number of ether oxygens (including phenoxy) is 1. The molecule has 3 N–H and O–H groups in total. The third-order valence-corrected chi connectivity index (χ3v) is 3.09. The molecule has 17 heavy (non-hydrogen) atoms. The number of carbonyl (C=O) groups is 2. The number of thiazole rings is 1. The van der Waals surface area contributed by atoms with Gasteiger partial charge in [-0.2, -0.15) is 0 Å². The summed E-state index contributed by atoms with van der Waals surface area (Å²) in [7, 11) is 0. The highest BCUT2D eigenvalue weighted by atomic mass is 32.1. The number of morpholine rings is 1. The molecular formula is C9H11N3O4S. The zero-order valence-corrected chi connectivity index (χ0v) is 9.64. The van der Waals surface area contributed by atoms with E-state index in [9.17, 15) is 9.59 Å². The van der Waals surface area contributed by atoms with Crippen LogP contribution >= 0.6 is 11.3 Å². The maximum Gasteiger partial charge on any atom is 0.328 e. The van der Waals surface area contributed by atoms with E-state index < -0.39 is 17.9 Å². The topological polar surface area (TPSA) is 106 Å². The van der Waals surface area contributed by atoms with Gasteiger partial charge in [0.2, 0.25) is 0 Å². The zero-order chi connectivity index (χ0) is 12.4. The Morgan fingerprint density at radius 2 is 2.41 bits per heavy atom. The number of carboxylic acid groups (broad SMARTS) is 1. The molecule has 92 valence electrons. The first-order valence-corrected chi connectivity index (χ1v) is 5.80. The van der Waals surface area contributed by atoms with Gasteiger partial charge in [-0.15, -0.1) is 11.3 Å². The van der Waals surface area contributed by atoms with E-state index in [1.54, 1.807) is 0 Å². The minimum atomic E-state index is -1.08. The van der Waals surface area contributed by atoms with Crippen molar-refractivity contribution in [1.29, 1.82) is 0 Å². The highest BCUT2D eigenvalue weighted by Gasteiger charge is 2.34. The number of aromatic nitrogens is 1. The van der Waals surface area contributed by atoms with Crippen LogP contribution in [0.4, 0.5) is 5.13 Å². The molecule has 2 rings (SSSR count). The molecule has 7 nitrogen and oxygen atoms in total. The molecule has 1 atom stereocenters. The van der Waals surface area contributed by atoms with E-state index >= 15 is 0 Å². The first-order chi connectivity index (χ1) is 8.09. The molecule has 0 aromatic carbocycles. The summed E-state index contributed by atoms with van der Waals surface area (Å²) >= 11 is 1.15. The Bertz CT molecular complexity index is 447. The van der Waals surface area contributed by atoms with Gasteiger partial charge in [-0.05, 0) is 0 Å². The van der Waals surface area contributed by atoms with Crippen molar-refractivity contribution in [3.63, 3.8) is 0 Å².